The van der Waals surface area contributed by atoms with Crippen LogP contribution in [-0.2, 0) is 14.3 Å². The topological polar surface area (TPSA) is 126 Å². The summed E-state index contributed by atoms with van der Waals surface area (Å²) in [4.78, 5) is 42.6. The van der Waals surface area contributed by atoms with Crippen LogP contribution in [-0.4, -0.2) is 39.0 Å². The lowest BCUT2D eigenvalue weighted by atomic mass is 9.89. The minimum Gasteiger partial charge on any atom is -0.438 e. The lowest BCUT2D eigenvalue weighted by Crippen LogP contribution is -2.46. The summed E-state index contributed by atoms with van der Waals surface area (Å²) < 4.78 is 6.77. The van der Waals surface area contributed by atoms with Crippen LogP contribution in [0, 0.1) is 5.41 Å². The Morgan fingerprint density at radius 3 is 2.58 bits per heavy atom. The van der Waals surface area contributed by atoms with Crippen molar-refractivity contribution in [2.75, 3.05) is 5.32 Å². The predicted octanol–water partition coefficient (Wildman–Crippen LogP) is 4.60. The molecule has 10 heteroatoms. The Bertz CT molecular complexity index is 1070. The van der Waals surface area contributed by atoms with Gasteiger partial charge in [0, 0.05) is 11.5 Å². The van der Waals surface area contributed by atoms with E-state index in [0.29, 0.717) is 23.7 Å². The number of unbranched alkanes of at least 4 members (excludes halogenated alkanes) is 1. The molecule has 2 atom stereocenters. The highest BCUT2D eigenvalue weighted by atomic mass is 32.1. The van der Waals surface area contributed by atoms with Crippen molar-refractivity contribution in [2.24, 2.45) is 5.41 Å². The molecule has 0 fully saturated rings. The van der Waals surface area contributed by atoms with Crippen molar-refractivity contribution < 1.29 is 19.1 Å². The van der Waals surface area contributed by atoms with Crippen LogP contribution in [0.15, 0.2) is 36.5 Å². The van der Waals surface area contributed by atoms with Crippen LogP contribution < -0.4 is 10.6 Å². The summed E-state index contributed by atoms with van der Waals surface area (Å²) in [7, 11) is 0. The summed E-state index contributed by atoms with van der Waals surface area (Å²) in [5, 5.41) is 12.0. The molecule has 33 heavy (non-hydrogen) atoms. The molecular formula is C23H29N5O4S. The summed E-state index contributed by atoms with van der Waals surface area (Å²) in [5.41, 5.74) is 0.397. The Morgan fingerprint density at radius 1 is 1.18 bits per heavy atom. The number of carbonyl (C=O) groups excluding carboxylic acids is 3. The highest BCUT2D eigenvalue weighted by Crippen LogP contribution is 2.39. The number of rotatable bonds is 9. The maximum Gasteiger partial charge on any atom is 0.408 e. The second-order valence-corrected chi connectivity index (χ2v) is 9.86. The molecule has 176 valence electrons. The Kier molecular flexibility index (Phi) is 7.80. The number of aromatic amines is 1. The minimum absolute atomic E-state index is 0.300. The van der Waals surface area contributed by atoms with Gasteiger partial charge in [-0.15, -0.1) is 11.3 Å². The number of Topliss-reactive ketones (excluding diaryl/α,β-unsaturated/α-hetero) is 1. The number of alkyl carbamates (subject to hydrolysis) is 1. The number of nitrogens with one attached hydrogen (secondary N) is 3. The second kappa shape index (κ2) is 10.6. The smallest absolute Gasteiger partial charge is 0.408 e. The summed E-state index contributed by atoms with van der Waals surface area (Å²) in [6.07, 6.45) is 1.85. The molecule has 0 unspecified atom stereocenters. The van der Waals surface area contributed by atoms with Crippen molar-refractivity contribution in [1.29, 1.82) is 0 Å². The zero-order valence-corrected chi connectivity index (χ0v) is 20.0. The quantitative estimate of drug-likeness (QED) is 0.392. The average molecular weight is 472 g/mol. The van der Waals surface area contributed by atoms with E-state index in [1.165, 1.54) is 23.6 Å². The summed E-state index contributed by atoms with van der Waals surface area (Å²) >= 11 is 1.46. The molecule has 0 aliphatic heterocycles. The van der Waals surface area contributed by atoms with Crippen molar-refractivity contribution in [3.63, 3.8) is 0 Å². The fraction of sp³-hybridized carbons (Fsp3) is 0.435. The van der Waals surface area contributed by atoms with Crippen molar-refractivity contribution >= 4 is 45.2 Å². The summed E-state index contributed by atoms with van der Waals surface area (Å²) in [5.74, 6) is -1.28. The molecule has 3 N–H and O–H groups in total. The molecule has 3 aromatic rings. The fourth-order valence-corrected chi connectivity index (χ4v) is 4.47. The third-order valence-corrected chi connectivity index (χ3v) is 6.05. The van der Waals surface area contributed by atoms with Gasteiger partial charge in [-0.05, 0) is 18.6 Å². The molecule has 0 aliphatic rings. The largest absolute Gasteiger partial charge is 0.438 e. The monoisotopic (exact) mass is 471 g/mol. The van der Waals surface area contributed by atoms with Gasteiger partial charge in [0.1, 0.15) is 16.9 Å². The van der Waals surface area contributed by atoms with Gasteiger partial charge < -0.3 is 15.4 Å². The molecule has 0 bridgehead atoms. The number of carbonyl (C=O) groups is 3. The zero-order chi connectivity index (χ0) is 24.0. The van der Waals surface area contributed by atoms with Gasteiger partial charge >= 0.3 is 6.09 Å². The van der Waals surface area contributed by atoms with E-state index in [2.05, 4.69) is 25.8 Å². The number of anilines is 1. The zero-order valence-electron chi connectivity index (χ0n) is 19.2. The molecule has 2 heterocycles. The number of hydrogen-bond donors (Lipinski definition) is 3. The first-order valence-electron chi connectivity index (χ1n) is 10.9. The molecular weight excluding hydrogens is 442 g/mol. The SMILES string of the molecule is CCCC[C@H](NC(=O)O[C@@H](c1nc2ccccc2s1)C(C)(C)C)C(=O)C(=O)Nc1ccn[nH]1. The third kappa shape index (κ3) is 6.38. The van der Waals surface area contributed by atoms with Crippen molar-refractivity contribution in [3.8, 4) is 0 Å². The van der Waals surface area contributed by atoms with Crippen molar-refractivity contribution in [3.05, 3.63) is 41.5 Å². The van der Waals surface area contributed by atoms with Crippen LogP contribution in [0.5, 0.6) is 0 Å². The van der Waals surface area contributed by atoms with Crippen molar-refractivity contribution in [1.82, 2.24) is 20.5 Å². The lowest BCUT2D eigenvalue weighted by Gasteiger charge is -2.29. The van der Waals surface area contributed by atoms with Gasteiger partial charge in [0.2, 0.25) is 5.78 Å². The number of nitrogens with zero attached hydrogens (tertiary/aromatic N) is 2. The van der Waals surface area contributed by atoms with E-state index in [1.807, 2.05) is 52.0 Å². The Labute approximate surface area is 196 Å². The van der Waals surface area contributed by atoms with Crippen LogP contribution in [0.2, 0.25) is 0 Å². The van der Waals surface area contributed by atoms with Crippen LogP contribution >= 0.6 is 11.3 Å². The van der Waals surface area contributed by atoms with Gasteiger partial charge in [0.15, 0.2) is 6.10 Å². The molecule has 0 aliphatic carbocycles. The highest BCUT2D eigenvalue weighted by molar-refractivity contribution is 7.18. The molecule has 3 rings (SSSR count). The van der Waals surface area contributed by atoms with Crippen molar-refractivity contribution in [2.45, 2.75) is 59.1 Å². The summed E-state index contributed by atoms with van der Waals surface area (Å²) in [6, 6.07) is 8.24. The maximum atomic E-state index is 12.8. The molecule has 9 nitrogen and oxygen atoms in total. The molecule has 0 saturated carbocycles. The fourth-order valence-electron chi connectivity index (χ4n) is 3.23. The number of aromatic nitrogens is 3. The van der Waals surface area contributed by atoms with E-state index in [0.717, 1.165) is 16.6 Å². The van der Waals surface area contributed by atoms with Gasteiger partial charge in [-0.2, -0.15) is 5.10 Å². The van der Waals surface area contributed by atoms with Gasteiger partial charge in [-0.3, -0.25) is 14.7 Å². The van der Waals surface area contributed by atoms with E-state index in [-0.39, 0.29) is 0 Å². The average Bonchev–Trinajstić information content (AvgIpc) is 3.43. The van der Waals surface area contributed by atoms with E-state index in [4.69, 9.17) is 4.74 Å². The third-order valence-electron chi connectivity index (χ3n) is 4.97. The van der Waals surface area contributed by atoms with Crippen LogP contribution in [0.1, 0.15) is 58.1 Å². The second-order valence-electron chi connectivity index (χ2n) is 8.80. The number of benzene rings is 1. The van der Waals surface area contributed by atoms with Gasteiger partial charge in [-0.25, -0.2) is 9.78 Å². The minimum atomic E-state index is -1.00. The number of ether oxygens (including phenoxy) is 1. The normalized spacial score (nSPS) is 13.3. The standard InChI is InChI=1S/C23H29N5O4S/c1-5-6-9-15(18(29)20(30)27-17-12-13-24-28-17)26-22(31)32-19(23(2,3)4)21-25-14-10-7-8-11-16(14)33-21/h7-8,10-13,15,19H,5-6,9H2,1-4H3,(H,26,31)(H2,24,27,28,30)/t15-,19-/m0/s1. The summed E-state index contributed by atoms with van der Waals surface area (Å²) in [6.45, 7) is 7.82. The van der Waals surface area contributed by atoms with Crippen LogP contribution in [0.25, 0.3) is 10.2 Å². The lowest BCUT2D eigenvalue weighted by molar-refractivity contribution is -0.136. The first kappa shape index (κ1) is 24.4. The number of para-hydroxylation sites is 1. The Morgan fingerprint density at radius 2 is 1.94 bits per heavy atom. The molecule has 2 amide bonds. The molecule has 0 radical (unpaired) electrons. The first-order chi connectivity index (χ1) is 15.7. The number of H-pyrrole nitrogens is 1. The Balaban J connectivity index is 1.73. The number of fused-ring (bicyclic) bond motifs is 1. The molecule has 0 spiro atoms. The van der Waals surface area contributed by atoms with E-state index >= 15 is 0 Å². The van der Waals surface area contributed by atoms with Gasteiger partial charge in [-0.1, -0.05) is 52.7 Å². The molecule has 1 aromatic carbocycles. The highest BCUT2D eigenvalue weighted by Gasteiger charge is 2.34. The van der Waals surface area contributed by atoms with E-state index < -0.39 is 35.3 Å². The Hall–Kier alpha value is -3.27. The van der Waals surface area contributed by atoms with Crippen LogP contribution in [0.3, 0.4) is 0 Å². The number of hydrogen-bond acceptors (Lipinski definition) is 7. The van der Waals surface area contributed by atoms with Gasteiger partial charge in [0.05, 0.1) is 16.4 Å². The van der Waals surface area contributed by atoms with E-state index in [9.17, 15) is 14.4 Å². The number of thiazole rings is 1. The predicted molar refractivity (Wildman–Crippen MR) is 127 cm³/mol. The first-order valence-corrected chi connectivity index (χ1v) is 11.7. The maximum absolute atomic E-state index is 12.8. The number of ketones is 1. The van der Waals surface area contributed by atoms with E-state index in [1.54, 1.807) is 0 Å². The van der Waals surface area contributed by atoms with Crippen LogP contribution in [0.4, 0.5) is 10.6 Å². The van der Waals surface area contributed by atoms with Gasteiger partial charge in [0.25, 0.3) is 5.91 Å². The molecule has 0 saturated heterocycles. The molecule has 2 aromatic heterocycles. The number of amides is 2.